The average molecular weight is 453 g/mol. The zero-order valence-electron chi connectivity index (χ0n) is 16.4. The van der Waals surface area contributed by atoms with E-state index in [2.05, 4.69) is 5.32 Å². The summed E-state index contributed by atoms with van der Waals surface area (Å²) < 4.78 is 5.56. The molecule has 32 heavy (non-hydrogen) atoms. The van der Waals surface area contributed by atoms with Gasteiger partial charge in [-0.25, -0.2) is 0 Å². The smallest absolute Gasteiger partial charge is 0.281 e. The molecule has 0 fully saturated rings. The molecule has 0 bridgehead atoms. The predicted molar refractivity (Wildman–Crippen MR) is 116 cm³/mol. The molecule has 160 valence electrons. The van der Waals surface area contributed by atoms with E-state index in [0.717, 1.165) is 6.08 Å². The van der Waals surface area contributed by atoms with Gasteiger partial charge >= 0.3 is 0 Å². The van der Waals surface area contributed by atoms with Crippen molar-refractivity contribution in [2.45, 2.75) is 6.92 Å². The minimum Gasteiger partial charge on any atom is -0.456 e. The minimum absolute atomic E-state index is 0.103. The molecule has 0 saturated heterocycles. The fourth-order valence-corrected chi connectivity index (χ4v) is 2.94. The topological polar surface area (TPSA) is 152 Å². The average Bonchev–Trinajstić information content (AvgIpc) is 3.21. The summed E-state index contributed by atoms with van der Waals surface area (Å²) >= 11 is 5.82. The molecule has 0 saturated carbocycles. The number of carbonyl (C=O) groups excluding carboxylic acids is 1. The molecule has 0 unspecified atom stereocenters. The number of carbonyl (C=O) groups is 1. The number of aryl methyl sites for hydroxylation is 1. The van der Waals surface area contributed by atoms with Crippen molar-refractivity contribution in [3.8, 4) is 17.4 Å². The number of nitriles is 1. The van der Waals surface area contributed by atoms with Gasteiger partial charge in [0, 0.05) is 29.3 Å². The number of benzene rings is 2. The van der Waals surface area contributed by atoms with Crippen LogP contribution in [0.5, 0.6) is 0 Å². The third-order valence-electron chi connectivity index (χ3n) is 4.38. The summed E-state index contributed by atoms with van der Waals surface area (Å²) in [6.07, 6.45) is 1.16. The molecule has 0 aliphatic carbocycles. The predicted octanol–water partition coefficient (Wildman–Crippen LogP) is 5.27. The second-order valence-electron chi connectivity index (χ2n) is 6.50. The molecule has 0 radical (unpaired) electrons. The minimum atomic E-state index is -0.800. The van der Waals surface area contributed by atoms with Gasteiger partial charge in [0.05, 0.1) is 21.1 Å². The third-order valence-corrected chi connectivity index (χ3v) is 4.62. The molecule has 1 aromatic heterocycles. The van der Waals surface area contributed by atoms with E-state index in [9.17, 15) is 30.3 Å². The number of nitro groups is 2. The summed E-state index contributed by atoms with van der Waals surface area (Å²) in [5.74, 6) is -0.551. The highest BCUT2D eigenvalue weighted by Gasteiger charge is 2.19. The number of nitro benzene ring substituents is 2. The van der Waals surface area contributed by atoms with Gasteiger partial charge in [-0.05, 0) is 36.8 Å². The molecule has 0 atom stereocenters. The highest BCUT2D eigenvalue weighted by atomic mass is 35.5. The normalized spacial score (nSPS) is 11.0. The maximum absolute atomic E-state index is 12.5. The van der Waals surface area contributed by atoms with Crippen molar-refractivity contribution in [3.63, 3.8) is 0 Å². The molecule has 1 N–H and O–H groups in total. The fraction of sp³-hybridized carbons (Fsp3) is 0.0476. The van der Waals surface area contributed by atoms with Crippen LogP contribution < -0.4 is 5.32 Å². The molecule has 0 aliphatic heterocycles. The van der Waals surface area contributed by atoms with Crippen molar-refractivity contribution >= 4 is 40.6 Å². The van der Waals surface area contributed by atoms with Crippen molar-refractivity contribution in [3.05, 3.63) is 90.7 Å². The number of halogens is 1. The van der Waals surface area contributed by atoms with Gasteiger partial charge in [0.25, 0.3) is 17.3 Å². The molecule has 10 nitrogen and oxygen atoms in total. The molecular formula is C21H13ClN4O6. The van der Waals surface area contributed by atoms with Gasteiger partial charge < -0.3 is 9.73 Å². The number of non-ortho nitro benzene ring substituents is 1. The lowest BCUT2D eigenvalue weighted by Crippen LogP contribution is -2.14. The summed E-state index contributed by atoms with van der Waals surface area (Å²) in [4.78, 5) is 33.6. The van der Waals surface area contributed by atoms with Crippen molar-refractivity contribution < 1.29 is 19.1 Å². The molecule has 0 spiro atoms. The van der Waals surface area contributed by atoms with Gasteiger partial charge in [-0.15, -0.1) is 0 Å². The second kappa shape index (κ2) is 9.11. The standard InChI is InChI=1S/C21H13ClN4O6/c1-12-2-4-15(25(28)29)10-18(12)24-21(27)13(11-23)8-16-5-7-20(32-16)17-6-3-14(22)9-19(17)26(30)31/h2-10H,1H3,(H,24,27)/b13-8+. The van der Waals surface area contributed by atoms with E-state index >= 15 is 0 Å². The van der Waals surface area contributed by atoms with Crippen LogP contribution >= 0.6 is 11.6 Å². The highest BCUT2D eigenvalue weighted by Crippen LogP contribution is 2.33. The van der Waals surface area contributed by atoms with Crippen LogP contribution in [0.15, 0.2) is 58.5 Å². The quantitative estimate of drug-likeness (QED) is 0.231. The number of hydrogen-bond donors (Lipinski definition) is 1. The molecular weight excluding hydrogens is 440 g/mol. The first-order chi connectivity index (χ1) is 15.2. The summed E-state index contributed by atoms with van der Waals surface area (Å²) in [6.45, 7) is 1.65. The lowest BCUT2D eigenvalue weighted by atomic mass is 10.1. The van der Waals surface area contributed by atoms with Gasteiger partial charge in [-0.2, -0.15) is 5.26 Å². The van der Waals surface area contributed by atoms with Crippen molar-refractivity contribution in [1.29, 1.82) is 5.26 Å². The van der Waals surface area contributed by atoms with Gasteiger partial charge in [0.15, 0.2) is 0 Å². The zero-order valence-corrected chi connectivity index (χ0v) is 17.1. The number of anilines is 1. The Hall–Kier alpha value is -4.49. The van der Waals surface area contributed by atoms with E-state index < -0.39 is 15.8 Å². The Balaban J connectivity index is 1.89. The van der Waals surface area contributed by atoms with E-state index in [1.165, 1.54) is 48.5 Å². The molecule has 1 amide bonds. The van der Waals surface area contributed by atoms with Gasteiger partial charge in [-0.3, -0.25) is 25.0 Å². The summed E-state index contributed by atoms with van der Waals surface area (Å²) in [7, 11) is 0. The van der Waals surface area contributed by atoms with Crippen LogP contribution in [0.1, 0.15) is 11.3 Å². The first-order valence-corrected chi connectivity index (χ1v) is 9.29. The largest absolute Gasteiger partial charge is 0.456 e. The number of nitrogens with one attached hydrogen (secondary N) is 1. The Kier molecular flexibility index (Phi) is 6.32. The van der Waals surface area contributed by atoms with E-state index in [4.69, 9.17) is 16.0 Å². The van der Waals surface area contributed by atoms with Crippen molar-refractivity contribution in [2.24, 2.45) is 0 Å². The third kappa shape index (κ3) is 4.80. The molecule has 0 aliphatic rings. The van der Waals surface area contributed by atoms with Gasteiger partial charge in [-0.1, -0.05) is 17.7 Å². The lowest BCUT2D eigenvalue weighted by Gasteiger charge is -2.07. The number of amides is 1. The number of hydrogen-bond acceptors (Lipinski definition) is 7. The Morgan fingerprint density at radius 3 is 2.53 bits per heavy atom. The van der Waals surface area contributed by atoms with Crippen molar-refractivity contribution in [1.82, 2.24) is 0 Å². The van der Waals surface area contributed by atoms with Crippen molar-refractivity contribution in [2.75, 3.05) is 5.32 Å². The Morgan fingerprint density at radius 1 is 1.12 bits per heavy atom. The van der Waals surface area contributed by atoms with Gasteiger partial charge in [0.1, 0.15) is 23.2 Å². The Morgan fingerprint density at radius 2 is 1.88 bits per heavy atom. The number of nitrogens with zero attached hydrogens (tertiary/aromatic N) is 3. The summed E-state index contributed by atoms with van der Waals surface area (Å²) in [5.41, 5.74) is 0.117. The molecule has 11 heteroatoms. The zero-order chi connectivity index (χ0) is 23.4. The first-order valence-electron chi connectivity index (χ1n) is 8.92. The van der Waals surface area contributed by atoms with E-state index in [-0.39, 0.29) is 44.7 Å². The van der Waals surface area contributed by atoms with Crippen LogP contribution in [0.3, 0.4) is 0 Å². The SMILES string of the molecule is Cc1ccc([N+](=O)[O-])cc1NC(=O)/C(C#N)=C/c1ccc(-c2ccc(Cl)cc2[N+](=O)[O-])o1. The summed E-state index contributed by atoms with van der Waals surface area (Å²) in [5, 5.41) is 34.3. The van der Waals surface area contributed by atoms with E-state index in [0.29, 0.717) is 5.56 Å². The van der Waals surface area contributed by atoms with Gasteiger partial charge in [0.2, 0.25) is 0 Å². The number of rotatable bonds is 6. The number of furan rings is 1. The van der Waals surface area contributed by atoms with Crippen LogP contribution in [-0.4, -0.2) is 15.8 Å². The lowest BCUT2D eigenvalue weighted by molar-refractivity contribution is -0.384. The highest BCUT2D eigenvalue weighted by molar-refractivity contribution is 6.30. The maximum atomic E-state index is 12.5. The summed E-state index contributed by atoms with van der Waals surface area (Å²) in [6, 6.07) is 12.7. The molecule has 2 aromatic carbocycles. The Labute approximate surface area is 185 Å². The molecule has 3 rings (SSSR count). The second-order valence-corrected chi connectivity index (χ2v) is 6.94. The first kappa shape index (κ1) is 22.2. The van der Waals surface area contributed by atoms with E-state index in [1.807, 2.05) is 0 Å². The van der Waals surface area contributed by atoms with Crippen LogP contribution in [0.4, 0.5) is 17.1 Å². The maximum Gasteiger partial charge on any atom is 0.281 e. The fourth-order valence-electron chi connectivity index (χ4n) is 2.78. The van der Waals surface area contributed by atoms with Crippen LogP contribution in [0.25, 0.3) is 17.4 Å². The van der Waals surface area contributed by atoms with Crippen LogP contribution in [0.2, 0.25) is 5.02 Å². The molecule has 3 aromatic rings. The van der Waals surface area contributed by atoms with Crippen LogP contribution in [0, 0.1) is 38.5 Å². The monoisotopic (exact) mass is 452 g/mol. The molecule has 1 heterocycles. The Bertz CT molecular complexity index is 1320. The van der Waals surface area contributed by atoms with E-state index in [1.54, 1.807) is 13.0 Å². The van der Waals surface area contributed by atoms with Crippen LogP contribution in [-0.2, 0) is 4.79 Å².